The second-order valence-corrected chi connectivity index (χ2v) is 12.4. The second kappa shape index (κ2) is 11.1. The molecule has 4 atom stereocenters. The van der Waals surface area contributed by atoms with E-state index in [-0.39, 0.29) is 11.4 Å². The lowest BCUT2D eigenvalue weighted by Gasteiger charge is -2.42. The van der Waals surface area contributed by atoms with Crippen LogP contribution in [0.25, 0.3) is 11.1 Å². The smallest absolute Gasteiger partial charge is 0.219 e. The molecule has 4 unspecified atom stereocenters. The maximum Gasteiger partial charge on any atom is 0.219 e. The van der Waals surface area contributed by atoms with E-state index in [1.54, 1.807) is 12.1 Å². The van der Waals surface area contributed by atoms with Gasteiger partial charge in [0.25, 0.3) is 0 Å². The van der Waals surface area contributed by atoms with E-state index >= 15 is 0 Å². The molecule has 0 spiro atoms. The molecule has 194 valence electrons. The highest BCUT2D eigenvalue weighted by atomic mass is 19.1. The Hall–Kier alpha value is -2.16. The van der Waals surface area contributed by atoms with Crippen molar-refractivity contribution in [3.63, 3.8) is 0 Å². The standard InChI is InChI=1S/C33H44FNO/c1-4-5-6-7-8-23-9-10-28-20-27(16-15-26(28)19-23)24-11-13-25(14-12-24)29-17-18-30(31(34)21-29)32-35-33(2,3)22-36-32/h11-14,17-18,21,23,26-28H,4-10,15-16,19-20,22H2,1-3H3. The van der Waals surface area contributed by atoms with Crippen LogP contribution in [0.2, 0.25) is 0 Å². The molecule has 1 aliphatic heterocycles. The van der Waals surface area contributed by atoms with Crippen LogP contribution in [-0.4, -0.2) is 18.0 Å². The fourth-order valence-corrected chi connectivity index (χ4v) is 6.95. The van der Waals surface area contributed by atoms with Gasteiger partial charge in [-0.15, -0.1) is 0 Å². The van der Waals surface area contributed by atoms with E-state index in [0.717, 1.165) is 28.9 Å². The third-order valence-corrected chi connectivity index (χ3v) is 9.07. The zero-order valence-corrected chi connectivity index (χ0v) is 22.6. The topological polar surface area (TPSA) is 21.6 Å². The van der Waals surface area contributed by atoms with Gasteiger partial charge in [-0.05, 0) is 98.4 Å². The van der Waals surface area contributed by atoms with E-state index in [9.17, 15) is 4.39 Å². The van der Waals surface area contributed by atoms with Gasteiger partial charge >= 0.3 is 0 Å². The molecule has 5 rings (SSSR count). The first-order valence-corrected chi connectivity index (χ1v) is 14.5. The molecule has 0 N–H and O–H groups in total. The molecular weight excluding hydrogens is 445 g/mol. The molecule has 0 aromatic heterocycles. The molecule has 2 aromatic rings. The van der Waals surface area contributed by atoms with Crippen molar-refractivity contribution in [2.24, 2.45) is 22.7 Å². The Kier molecular flexibility index (Phi) is 7.84. The monoisotopic (exact) mass is 489 g/mol. The SMILES string of the molecule is CCCCCCC1CCC2CC(c3ccc(-c4ccc(C5=NC(C)(C)CO5)c(F)c4)cc3)CCC2C1. The molecule has 2 fully saturated rings. The Bertz CT molecular complexity index is 1060. The molecule has 2 saturated carbocycles. The van der Waals surface area contributed by atoms with Crippen LogP contribution in [0.5, 0.6) is 0 Å². The average Bonchev–Trinajstić information content (AvgIpc) is 3.25. The van der Waals surface area contributed by atoms with Gasteiger partial charge in [-0.3, -0.25) is 0 Å². The van der Waals surface area contributed by atoms with E-state index in [2.05, 4.69) is 36.2 Å². The Labute approximate surface area is 217 Å². The summed E-state index contributed by atoms with van der Waals surface area (Å²) in [6.07, 6.45) is 15.5. The van der Waals surface area contributed by atoms with Crippen LogP contribution in [0, 0.1) is 23.6 Å². The summed E-state index contributed by atoms with van der Waals surface area (Å²) in [5.41, 5.74) is 3.60. The summed E-state index contributed by atoms with van der Waals surface area (Å²) in [6.45, 7) is 6.80. The average molecular weight is 490 g/mol. The fraction of sp³-hybridized carbons (Fsp3) is 0.606. The van der Waals surface area contributed by atoms with Crippen molar-refractivity contribution in [1.82, 2.24) is 0 Å². The van der Waals surface area contributed by atoms with E-state index < -0.39 is 0 Å². The predicted octanol–water partition coefficient (Wildman–Crippen LogP) is 9.32. The first kappa shape index (κ1) is 25.5. The number of hydrogen-bond acceptors (Lipinski definition) is 2. The van der Waals surface area contributed by atoms with Gasteiger partial charge in [0, 0.05) is 0 Å². The van der Waals surface area contributed by atoms with Crippen LogP contribution in [0.15, 0.2) is 47.5 Å². The van der Waals surface area contributed by atoms with Crippen LogP contribution in [0.4, 0.5) is 4.39 Å². The Morgan fingerprint density at radius 2 is 1.64 bits per heavy atom. The first-order valence-electron chi connectivity index (χ1n) is 14.5. The van der Waals surface area contributed by atoms with E-state index in [1.165, 1.54) is 76.2 Å². The Morgan fingerprint density at radius 1 is 0.889 bits per heavy atom. The number of aliphatic imine (C=N–C) groups is 1. The summed E-state index contributed by atoms with van der Waals surface area (Å²) in [7, 11) is 0. The van der Waals surface area contributed by atoms with E-state index in [0.29, 0.717) is 24.0 Å². The number of nitrogens with zero attached hydrogens (tertiary/aromatic N) is 1. The third-order valence-electron chi connectivity index (χ3n) is 9.07. The van der Waals surface area contributed by atoms with Gasteiger partial charge in [0.15, 0.2) is 0 Å². The highest BCUT2D eigenvalue weighted by Gasteiger charge is 2.35. The predicted molar refractivity (Wildman–Crippen MR) is 148 cm³/mol. The largest absolute Gasteiger partial charge is 0.475 e. The normalized spacial score (nSPS) is 27.3. The van der Waals surface area contributed by atoms with Gasteiger partial charge in [-0.25, -0.2) is 9.38 Å². The van der Waals surface area contributed by atoms with E-state index in [4.69, 9.17) is 4.74 Å². The van der Waals surface area contributed by atoms with E-state index in [1.807, 2.05) is 19.9 Å². The quantitative estimate of drug-likeness (QED) is 0.339. The fourth-order valence-electron chi connectivity index (χ4n) is 6.95. The maximum absolute atomic E-state index is 14.9. The zero-order chi connectivity index (χ0) is 25.1. The molecule has 2 aromatic carbocycles. The number of halogens is 1. The molecule has 0 bridgehead atoms. The van der Waals surface area contributed by atoms with Crippen molar-refractivity contribution in [2.75, 3.05) is 6.61 Å². The highest BCUT2D eigenvalue weighted by molar-refractivity contribution is 5.96. The molecule has 2 nitrogen and oxygen atoms in total. The second-order valence-electron chi connectivity index (χ2n) is 12.4. The number of fused-ring (bicyclic) bond motifs is 1. The summed E-state index contributed by atoms with van der Waals surface area (Å²) in [4.78, 5) is 4.52. The first-order chi connectivity index (χ1) is 17.4. The number of rotatable bonds is 8. The van der Waals surface area contributed by atoms with Gasteiger partial charge < -0.3 is 4.74 Å². The van der Waals surface area contributed by atoms with Crippen LogP contribution >= 0.6 is 0 Å². The van der Waals surface area contributed by atoms with Crippen LogP contribution in [0.3, 0.4) is 0 Å². The summed E-state index contributed by atoms with van der Waals surface area (Å²) in [5.74, 6) is 3.70. The molecule has 0 radical (unpaired) electrons. The van der Waals surface area contributed by atoms with Crippen molar-refractivity contribution < 1.29 is 9.13 Å². The van der Waals surface area contributed by atoms with Gasteiger partial charge in [-0.1, -0.05) is 75.8 Å². The van der Waals surface area contributed by atoms with Crippen molar-refractivity contribution in [2.45, 2.75) is 103 Å². The maximum atomic E-state index is 14.9. The third kappa shape index (κ3) is 5.87. The van der Waals surface area contributed by atoms with Gasteiger partial charge in [-0.2, -0.15) is 0 Å². The van der Waals surface area contributed by atoms with Crippen LogP contribution < -0.4 is 0 Å². The lowest BCUT2D eigenvalue weighted by Crippen LogP contribution is -2.30. The number of benzene rings is 2. The Morgan fingerprint density at radius 3 is 2.36 bits per heavy atom. The highest BCUT2D eigenvalue weighted by Crippen LogP contribution is 2.48. The lowest BCUT2D eigenvalue weighted by molar-refractivity contribution is 0.113. The molecule has 0 amide bonds. The summed E-state index contributed by atoms with van der Waals surface area (Å²) < 4.78 is 20.6. The summed E-state index contributed by atoms with van der Waals surface area (Å²) >= 11 is 0. The van der Waals surface area contributed by atoms with Crippen LogP contribution in [0.1, 0.15) is 108 Å². The van der Waals surface area contributed by atoms with Gasteiger partial charge in [0.2, 0.25) is 5.90 Å². The number of hydrogen-bond donors (Lipinski definition) is 0. The van der Waals surface area contributed by atoms with Crippen molar-refractivity contribution in [3.05, 3.63) is 59.4 Å². The van der Waals surface area contributed by atoms with Gasteiger partial charge in [0.1, 0.15) is 12.4 Å². The van der Waals surface area contributed by atoms with Crippen molar-refractivity contribution >= 4 is 5.90 Å². The summed E-state index contributed by atoms with van der Waals surface area (Å²) in [6, 6.07) is 14.3. The van der Waals surface area contributed by atoms with Crippen LogP contribution in [-0.2, 0) is 4.74 Å². The molecule has 2 aliphatic carbocycles. The minimum Gasteiger partial charge on any atom is -0.475 e. The molecule has 1 heterocycles. The molecular formula is C33H44FNO. The minimum absolute atomic E-state index is 0.271. The van der Waals surface area contributed by atoms with Crippen molar-refractivity contribution in [3.8, 4) is 11.1 Å². The Balaban J connectivity index is 1.18. The molecule has 36 heavy (non-hydrogen) atoms. The molecule has 3 aliphatic rings. The summed E-state index contributed by atoms with van der Waals surface area (Å²) in [5, 5.41) is 0. The molecule has 0 saturated heterocycles. The minimum atomic E-state index is -0.289. The number of unbranched alkanes of at least 4 members (excludes halogenated alkanes) is 3. The molecule has 3 heteroatoms. The van der Waals surface area contributed by atoms with Crippen molar-refractivity contribution in [1.29, 1.82) is 0 Å². The zero-order valence-electron chi connectivity index (χ0n) is 22.6. The number of ether oxygens (including phenoxy) is 1. The lowest BCUT2D eigenvalue weighted by atomic mass is 9.63. The van der Waals surface area contributed by atoms with Gasteiger partial charge in [0.05, 0.1) is 11.1 Å².